The van der Waals surface area contributed by atoms with Gasteiger partial charge in [-0.3, -0.25) is 9.59 Å². The number of rotatable bonds is 11. The summed E-state index contributed by atoms with van der Waals surface area (Å²) >= 11 is 1.03. The first-order valence-electron chi connectivity index (χ1n) is 12.1. The lowest BCUT2D eigenvalue weighted by Crippen LogP contribution is -2.50. The van der Waals surface area contributed by atoms with Gasteiger partial charge in [0, 0.05) is 18.4 Å². The standard InChI is InChI=1S/C27H28N4O7S/c1-16(17-7-5-4-6-8-17)22(23(32)30-26-28-20(15-39-26)25(34)37-3)31-24(33)21(29-27(31)35)18-9-11-19(12-10-18)38-14-13-36-2/h4-12,15-16,21-22H,13-14H2,1-3H3,(H,29,35)(H,28,30,32)/t16-,21+,22?/m0/s1. The molecule has 12 heteroatoms. The average molecular weight is 553 g/mol. The number of ether oxygens (including phenoxy) is 3. The monoisotopic (exact) mass is 552 g/mol. The van der Waals surface area contributed by atoms with Crippen molar-refractivity contribution in [3.05, 3.63) is 76.8 Å². The first kappa shape index (κ1) is 27.7. The van der Waals surface area contributed by atoms with Crippen molar-refractivity contribution in [3.63, 3.8) is 0 Å². The van der Waals surface area contributed by atoms with Crippen molar-refractivity contribution in [2.45, 2.75) is 24.9 Å². The zero-order chi connectivity index (χ0) is 27.9. The third-order valence-corrected chi connectivity index (χ3v) is 6.97. The van der Waals surface area contributed by atoms with Crippen LogP contribution in [-0.2, 0) is 19.1 Å². The number of carbonyl (C=O) groups excluding carboxylic acids is 4. The molecule has 0 radical (unpaired) electrons. The minimum Gasteiger partial charge on any atom is -0.491 e. The third-order valence-electron chi connectivity index (χ3n) is 6.22. The maximum Gasteiger partial charge on any atom is 0.357 e. The molecule has 4 rings (SSSR count). The molecular weight excluding hydrogens is 524 g/mol. The highest BCUT2D eigenvalue weighted by Gasteiger charge is 2.47. The molecule has 0 bridgehead atoms. The van der Waals surface area contributed by atoms with Crippen LogP contribution in [0.3, 0.4) is 0 Å². The van der Waals surface area contributed by atoms with Crippen LogP contribution in [0.4, 0.5) is 9.93 Å². The van der Waals surface area contributed by atoms with Crippen molar-refractivity contribution >= 4 is 40.3 Å². The molecule has 1 aromatic heterocycles. The van der Waals surface area contributed by atoms with Crippen LogP contribution in [0.25, 0.3) is 0 Å². The molecule has 0 saturated carbocycles. The van der Waals surface area contributed by atoms with E-state index in [0.29, 0.717) is 24.5 Å². The van der Waals surface area contributed by atoms with Crippen LogP contribution in [0.1, 0.15) is 40.5 Å². The van der Waals surface area contributed by atoms with Gasteiger partial charge in [-0.05, 0) is 23.3 Å². The highest BCUT2D eigenvalue weighted by Crippen LogP contribution is 2.32. The highest BCUT2D eigenvalue weighted by molar-refractivity contribution is 7.14. The SMILES string of the molecule is COCCOc1ccc([C@H]2NC(=O)N(C(C(=O)Nc3nc(C(=O)OC)cs3)[C@@H](C)c3ccccc3)C2=O)cc1. The van der Waals surface area contributed by atoms with Gasteiger partial charge in [-0.1, -0.05) is 49.4 Å². The molecule has 3 aromatic rings. The van der Waals surface area contributed by atoms with Crippen molar-refractivity contribution in [1.82, 2.24) is 15.2 Å². The molecule has 0 aliphatic carbocycles. The van der Waals surface area contributed by atoms with Gasteiger partial charge in [0.1, 0.15) is 24.4 Å². The highest BCUT2D eigenvalue weighted by atomic mass is 32.1. The fourth-order valence-electron chi connectivity index (χ4n) is 4.20. The van der Waals surface area contributed by atoms with Gasteiger partial charge in [0.15, 0.2) is 10.8 Å². The zero-order valence-electron chi connectivity index (χ0n) is 21.6. The number of hydrogen-bond donors (Lipinski definition) is 2. The van der Waals surface area contributed by atoms with Crippen LogP contribution in [0.5, 0.6) is 5.75 Å². The number of imide groups is 1. The van der Waals surface area contributed by atoms with Gasteiger partial charge in [0.2, 0.25) is 5.91 Å². The maximum atomic E-state index is 13.6. The Morgan fingerprint density at radius 2 is 1.79 bits per heavy atom. The number of amides is 4. The van der Waals surface area contributed by atoms with E-state index in [9.17, 15) is 19.2 Å². The second kappa shape index (κ2) is 12.5. The van der Waals surface area contributed by atoms with Crippen molar-refractivity contribution in [1.29, 1.82) is 0 Å². The van der Waals surface area contributed by atoms with Gasteiger partial charge >= 0.3 is 12.0 Å². The van der Waals surface area contributed by atoms with Gasteiger partial charge in [-0.25, -0.2) is 19.5 Å². The summed E-state index contributed by atoms with van der Waals surface area (Å²) < 4.78 is 15.2. The molecule has 204 valence electrons. The molecule has 39 heavy (non-hydrogen) atoms. The van der Waals surface area contributed by atoms with Crippen LogP contribution >= 0.6 is 11.3 Å². The van der Waals surface area contributed by atoms with E-state index in [1.54, 1.807) is 38.3 Å². The van der Waals surface area contributed by atoms with E-state index in [0.717, 1.165) is 21.8 Å². The predicted octanol–water partition coefficient (Wildman–Crippen LogP) is 3.36. The summed E-state index contributed by atoms with van der Waals surface area (Å²) in [4.78, 5) is 57.2. The lowest BCUT2D eigenvalue weighted by molar-refractivity contribution is -0.134. The molecular formula is C27H28N4O7S. The maximum absolute atomic E-state index is 13.6. The van der Waals surface area contributed by atoms with Crippen LogP contribution in [-0.4, -0.2) is 67.2 Å². The summed E-state index contributed by atoms with van der Waals surface area (Å²) in [7, 11) is 2.81. The molecule has 1 saturated heterocycles. The number of methoxy groups -OCH3 is 2. The van der Waals surface area contributed by atoms with E-state index in [1.165, 1.54) is 12.5 Å². The summed E-state index contributed by atoms with van der Waals surface area (Å²) in [5.41, 5.74) is 1.34. The number of esters is 1. The van der Waals surface area contributed by atoms with Crippen LogP contribution < -0.4 is 15.4 Å². The van der Waals surface area contributed by atoms with E-state index in [2.05, 4.69) is 20.4 Å². The first-order valence-corrected chi connectivity index (χ1v) is 13.0. The Morgan fingerprint density at radius 3 is 2.46 bits per heavy atom. The number of nitrogens with zero attached hydrogens (tertiary/aromatic N) is 2. The van der Waals surface area contributed by atoms with Gasteiger partial charge in [0.25, 0.3) is 5.91 Å². The summed E-state index contributed by atoms with van der Waals surface area (Å²) in [6.45, 7) is 2.57. The summed E-state index contributed by atoms with van der Waals surface area (Å²) in [6.07, 6.45) is 0. The molecule has 11 nitrogen and oxygen atoms in total. The second-order valence-electron chi connectivity index (χ2n) is 8.66. The van der Waals surface area contributed by atoms with E-state index in [-0.39, 0.29) is 10.8 Å². The summed E-state index contributed by atoms with van der Waals surface area (Å²) in [6, 6.07) is 13.0. The Bertz CT molecular complexity index is 1330. The van der Waals surface area contributed by atoms with Crippen LogP contribution in [0.15, 0.2) is 60.0 Å². The lowest BCUT2D eigenvalue weighted by atomic mass is 9.91. The Hall–Kier alpha value is -4.29. The van der Waals surface area contributed by atoms with Crippen molar-refractivity contribution in [2.24, 2.45) is 0 Å². The van der Waals surface area contributed by atoms with Crippen LogP contribution in [0, 0.1) is 0 Å². The minimum atomic E-state index is -1.20. The molecule has 2 heterocycles. The van der Waals surface area contributed by atoms with Gasteiger partial charge in [-0.2, -0.15) is 0 Å². The second-order valence-corrected chi connectivity index (χ2v) is 9.52. The largest absolute Gasteiger partial charge is 0.491 e. The molecule has 1 fully saturated rings. The fourth-order valence-corrected chi connectivity index (χ4v) is 4.88. The molecule has 0 spiro atoms. The normalized spacial score (nSPS) is 16.4. The molecule has 1 unspecified atom stereocenters. The predicted molar refractivity (Wildman–Crippen MR) is 143 cm³/mol. The number of aromatic nitrogens is 1. The van der Waals surface area contributed by atoms with E-state index >= 15 is 0 Å². The zero-order valence-corrected chi connectivity index (χ0v) is 22.4. The Kier molecular flexibility index (Phi) is 8.89. The Labute approximate surface area is 229 Å². The minimum absolute atomic E-state index is 0.0372. The quantitative estimate of drug-likeness (QED) is 0.210. The summed E-state index contributed by atoms with van der Waals surface area (Å²) in [5.74, 6) is -1.80. The molecule has 1 aliphatic heterocycles. The number of thiazole rings is 1. The third kappa shape index (κ3) is 6.24. The van der Waals surface area contributed by atoms with Crippen LogP contribution in [0.2, 0.25) is 0 Å². The number of carbonyl (C=O) groups is 4. The Balaban J connectivity index is 1.59. The molecule has 3 atom stereocenters. The number of urea groups is 1. The average Bonchev–Trinajstić information content (AvgIpc) is 3.53. The summed E-state index contributed by atoms with van der Waals surface area (Å²) in [5, 5.41) is 6.94. The number of anilines is 1. The topological polar surface area (TPSA) is 136 Å². The smallest absolute Gasteiger partial charge is 0.357 e. The lowest BCUT2D eigenvalue weighted by Gasteiger charge is -2.29. The Morgan fingerprint density at radius 1 is 1.08 bits per heavy atom. The van der Waals surface area contributed by atoms with E-state index < -0.39 is 41.8 Å². The van der Waals surface area contributed by atoms with Crippen molar-refractivity contribution in [3.8, 4) is 5.75 Å². The van der Waals surface area contributed by atoms with Gasteiger partial charge in [0.05, 0.1) is 13.7 Å². The number of hydrogen-bond acceptors (Lipinski definition) is 9. The van der Waals surface area contributed by atoms with Crippen molar-refractivity contribution < 1.29 is 33.4 Å². The van der Waals surface area contributed by atoms with Gasteiger partial charge in [-0.15, -0.1) is 11.3 Å². The first-order chi connectivity index (χ1) is 18.8. The molecule has 2 aromatic carbocycles. The number of benzene rings is 2. The molecule has 1 aliphatic rings. The molecule has 2 N–H and O–H groups in total. The number of nitrogens with one attached hydrogen (secondary N) is 2. The van der Waals surface area contributed by atoms with Gasteiger partial charge < -0.3 is 24.8 Å². The fraction of sp³-hybridized carbons (Fsp3) is 0.296. The van der Waals surface area contributed by atoms with Crippen molar-refractivity contribution in [2.75, 3.05) is 32.8 Å². The molecule has 4 amide bonds. The van der Waals surface area contributed by atoms with E-state index in [1.807, 2.05) is 30.3 Å². The van der Waals surface area contributed by atoms with E-state index in [4.69, 9.17) is 9.47 Å².